The van der Waals surface area contributed by atoms with Crippen LogP contribution in [0, 0.1) is 0 Å². The van der Waals surface area contributed by atoms with Crippen LogP contribution in [0.5, 0.6) is 0 Å². The van der Waals surface area contributed by atoms with Crippen LogP contribution in [0.15, 0.2) is 42.5 Å². The zero-order valence-electron chi connectivity index (χ0n) is 10.2. The number of nitrogens with two attached hydrogens (primary N) is 2. The summed E-state index contributed by atoms with van der Waals surface area (Å²) in [7, 11) is 0. The zero-order valence-corrected chi connectivity index (χ0v) is 10.9. The van der Waals surface area contributed by atoms with Crippen LogP contribution in [-0.2, 0) is 6.54 Å². The fourth-order valence-electron chi connectivity index (χ4n) is 1.68. The molecule has 5 N–H and O–H groups in total. The third kappa shape index (κ3) is 3.39. The Morgan fingerprint density at radius 2 is 1.84 bits per heavy atom. The average molecular weight is 276 g/mol. The van der Waals surface area contributed by atoms with Gasteiger partial charge in [-0.15, -0.1) is 0 Å². The molecular formula is C14H14ClN3O. The van der Waals surface area contributed by atoms with Gasteiger partial charge in [0.1, 0.15) is 0 Å². The summed E-state index contributed by atoms with van der Waals surface area (Å²) in [5, 5.41) is 3.90. The molecule has 0 spiro atoms. The molecule has 0 unspecified atom stereocenters. The minimum Gasteiger partial charge on any atom is -0.397 e. The van der Waals surface area contributed by atoms with Crippen molar-refractivity contribution in [3.63, 3.8) is 0 Å². The third-order valence-electron chi connectivity index (χ3n) is 2.73. The molecule has 0 heterocycles. The number of halogens is 1. The van der Waals surface area contributed by atoms with E-state index in [0.29, 0.717) is 22.8 Å². The Morgan fingerprint density at radius 1 is 1.16 bits per heavy atom. The number of carbonyl (C=O) groups is 1. The SMILES string of the molecule is NC(=O)c1ccc(NCc2ccc(Cl)cc2)c(N)c1. The topological polar surface area (TPSA) is 81.1 Å². The van der Waals surface area contributed by atoms with Crippen molar-refractivity contribution in [3.05, 3.63) is 58.6 Å². The molecular weight excluding hydrogens is 262 g/mol. The van der Waals surface area contributed by atoms with Crippen LogP contribution in [0.25, 0.3) is 0 Å². The van der Waals surface area contributed by atoms with Gasteiger partial charge in [-0.05, 0) is 35.9 Å². The van der Waals surface area contributed by atoms with E-state index in [1.54, 1.807) is 18.2 Å². The molecule has 0 bridgehead atoms. The van der Waals surface area contributed by atoms with Gasteiger partial charge in [0.25, 0.3) is 0 Å². The molecule has 0 aliphatic carbocycles. The van der Waals surface area contributed by atoms with Crippen molar-refractivity contribution < 1.29 is 4.79 Å². The number of nitrogen functional groups attached to an aromatic ring is 1. The van der Waals surface area contributed by atoms with Crippen molar-refractivity contribution in [3.8, 4) is 0 Å². The van der Waals surface area contributed by atoms with Crippen molar-refractivity contribution >= 4 is 28.9 Å². The molecule has 0 aromatic heterocycles. The second kappa shape index (κ2) is 5.63. The van der Waals surface area contributed by atoms with Gasteiger partial charge in [-0.25, -0.2) is 0 Å². The Balaban J connectivity index is 2.07. The van der Waals surface area contributed by atoms with Gasteiger partial charge in [-0.2, -0.15) is 0 Å². The highest BCUT2D eigenvalue weighted by molar-refractivity contribution is 6.30. The van der Waals surface area contributed by atoms with Crippen LogP contribution >= 0.6 is 11.6 Å². The molecule has 4 nitrogen and oxygen atoms in total. The molecule has 5 heteroatoms. The van der Waals surface area contributed by atoms with Gasteiger partial charge in [-0.3, -0.25) is 4.79 Å². The highest BCUT2D eigenvalue weighted by atomic mass is 35.5. The first-order valence-corrected chi connectivity index (χ1v) is 6.11. The van der Waals surface area contributed by atoms with Gasteiger partial charge in [0.2, 0.25) is 5.91 Å². The summed E-state index contributed by atoms with van der Waals surface area (Å²) in [4.78, 5) is 11.0. The van der Waals surface area contributed by atoms with Crippen LogP contribution in [0.3, 0.4) is 0 Å². The summed E-state index contributed by atoms with van der Waals surface area (Å²) in [6.07, 6.45) is 0. The molecule has 2 aromatic carbocycles. The predicted octanol–water partition coefficient (Wildman–Crippen LogP) is 2.63. The van der Waals surface area contributed by atoms with Gasteiger partial charge in [0, 0.05) is 17.1 Å². The zero-order chi connectivity index (χ0) is 13.8. The lowest BCUT2D eigenvalue weighted by Gasteiger charge is -2.10. The number of primary amides is 1. The number of hydrogen-bond acceptors (Lipinski definition) is 3. The van der Waals surface area contributed by atoms with Crippen LogP contribution < -0.4 is 16.8 Å². The molecule has 0 saturated heterocycles. The van der Waals surface area contributed by atoms with Gasteiger partial charge >= 0.3 is 0 Å². The number of benzene rings is 2. The summed E-state index contributed by atoms with van der Waals surface area (Å²) in [6, 6.07) is 12.5. The normalized spacial score (nSPS) is 10.2. The van der Waals surface area contributed by atoms with Gasteiger partial charge < -0.3 is 16.8 Å². The van der Waals surface area contributed by atoms with E-state index in [2.05, 4.69) is 5.32 Å². The first kappa shape index (κ1) is 13.2. The Hall–Kier alpha value is -2.20. The van der Waals surface area contributed by atoms with E-state index in [0.717, 1.165) is 11.3 Å². The van der Waals surface area contributed by atoms with Crippen LogP contribution in [0.4, 0.5) is 11.4 Å². The summed E-state index contributed by atoms with van der Waals surface area (Å²) in [5.41, 5.74) is 13.8. The third-order valence-corrected chi connectivity index (χ3v) is 2.98. The average Bonchev–Trinajstić information content (AvgIpc) is 2.39. The van der Waals surface area contributed by atoms with E-state index in [9.17, 15) is 4.79 Å². The first-order chi connectivity index (χ1) is 9.06. The lowest BCUT2D eigenvalue weighted by molar-refractivity contribution is 0.100. The monoisotopic (exact) mass is 275 g/mol. The maximum atomic E-state index is 11.0. The van der Waals surface area contributed by atoms with Crippen LogP contribution in [0.2, 0.25) is 5.02 Å². The largest absolute Gasteiger partial charge is 0.397 e. The van der Waals surface area contributed by atoms with E-state index >= 15 is 0 Å². The Kier molecular flexibility index (Phi) is 3.92. The van der Waals surface area contributed by atoms with Crippen LogP contribution in [-0.4, -0.2) is 5.91 Å². The number of rotatable bonds is 4. The minimum atomic E-state index is -0.490. The molecule has 0 fully saturated rings. The van der Waals surface area contributed by atoms with Gasteiger partial charge in [0.05, 0.1) is 11.4 Å². The fraction of sp³-hybridized carbons (Fsp3) is 0.0714. The summed E-state index contributed by atoms with van der Waals surface area (Å²) >= 11 is 5.82. The standard InChI is InChI=1S/C14H14ClN3O/c15-11-4-1-9(2-5-11)8-18-13-6-3-10(14(17)19)7-12(13)16/h1-7,18H,8,16H2,(H2,17,19). The molecule has 0 atom stereocenters. The van der Waals surface area contributed by atoms with Crippen molar-refractivity contribution in [2.75, 3.05) is 11.1 Å². The number of hydrogen-bond donors (Lipinski definition) is 3. The number of nitrogens with one attached hydrogen (secondary N) is 1. The molecule has 0 aliphatic rings. The highest BCUT2D eigenvalue weighted by Crippen LogP contribution is 2.20. The van der Waals surface area contributed by atoms with E-state index < -0.39 is 5.91 Å². The van der Waals surface area contributed by atoms with Gasteiger partial charge in [-0.1, -0.05) is 23.7 Å². The van der Waals surface area contributed by atoms with E-state index in [-0.39, 0.29) is 0 Å². The fourth-order valence-corrected chi connectivity index (χ4v) is 1.80. The van der Waals surface area contributed by atoms with Gasteiger partial charge in [0.15, 0.2) is 0 Å². The molecule has 98 valence electrons. The molecule has 19 heavy (non-hydrogen) atoms. The maximum absolute atomic E-state index is 11.0. The lowest BCUT2D eigenvalue weighted by atomic mass is 10.1. The highest BCUT2D eigenvalue weighted by Gasteiger charge is 2.04. The maximum Gasteiger partial charge on any atom is 0.248 e. The van der Waals surface area contributed by atoms with Crippen LogP contribution in [0.1, 0.15) is 15.9 Å². The number of carbonyl (C=O) groups excluding carboxylic acids is 1. The molecule has 0 aliphatic heterocycles. The Labute approximate surface area is 116 Å². The summed E-state index contributed by atoms with van der Waals surface area (Å²) in [5.74, 6) is -0.490. The molecule has 2 aromatic rings. The molecule has 0 saturated carbocycles. The van der Waals surface area contributed by atoms with Crippen molar-refractivity contribution in [2.24, 2.45) is 5.73 Å². The smallest absolute Gasteiger partial charge is 0.248 e. The Morgan fingerprint density at radius 3 is 2.42 bits per heavy atom. The van der Waals surface area contributed by atoms with E-state index in [1.807, 2.05) is 24.3 Å². The second-order valence-corrected chi connectivity index (χ2v) is 4.58. The molecule has 1 amide bonds. The number of amides is 1. The summed E-state index contributed by atoms with van der Waals surface area (Å²) < 4.78 is 0. The predicted molar refractivity (Wildman–Crippen MR) is 78.2 cm³/mol. The first-order valence-electron chi connectivity index (χ1n) is 5.74. The molecule has 0 radical (unpaired) electrons. The van der Waals surface area contributed by atoms with Crippen molar-refractivity contribution in [1.29, 1.82) is 0 Å². The lowest BCUT2D eigenvalue weighted by Crippen LogP contribution is -2.12. The van der Waals surface area contributed by atoms with E-state index in [1.165, 1.54) is 0 Å². The van der Waals surface area contributed by atoms with E-state index in [4.69, 9.17) is 23.1 Å². The second-order valence-electron chi connectivity index (χ2n) is 4.15. The minimum absolute atomic E-state index is 0.398. The van der Waals surface area contributed by atoms with Crippen molar-refractivity contribution in [1.82, 2.24) is 0 Å². The number of anilines is 2. The quantitative estimate of drug-likeness (QED) is 0.750. The summed E-state index contributed by atoms with van der Waals surface area (Å²) in [6.45, 7) is 0.622. The molecule has 2 rings (SSSR count). The Bertz CT molecular complexity index is 596. The van der Waals surface area contributed by atoms with Crippen molar-refractivity contribution in [2.45, 2.75) is 6.54 Å².